The number of hydrogen-bond donors (Lipinski definition) is 3. The summed E-state index contributed by atoms with van der Waals surface area (Å²) in [5, 5.41) is 16.3. The van der Waals surface area contributed by atoms with Gasteiger partial charge in [-0.2, -0.15) is 0 Å². The molecule has 0 spiro atoms. The van der Waals surface area contributed by atoms with Gasteiger partial charge in [0.25, 0.3) is 0 Å². The van der Waals surface area contributed by atoms with Crippen LogP contribution in [0.4, 0.5) is 5.69 Å². The monoisotopic (exact) mass is 342 g/mol. The van der Waals surface area contributed by atoms with Crippen LogP contribution in [0, 0.1) is 0 Å². The summed E-state index contributed by atoms with van der Waals surface area (Å²) in [4.78, 5) is 11.0. The maximum Gasteiger partial charge on any atom is 0.221 e. The highest BCUT2D eigenvalue weighted by atomic mass is 16.5. The molecule has 134 valence electrons. The molecule has 1 atom stereocenters. The van der Waals surface area contributed by atoms with Crippen molar-refractivity contribution in [2.24, 2.45) is 0 Å². The van der Waals surface area contributed by atoms with Crippen molar-refractivity contribution < 1.29 is 14.6 Å². The number of carbonyl (C=O) groups is 1. The Balaban J connectivity index is 1.83. The Kier molecular flexibility index (Phi) is 6.98. The van der Waals surface area contributed by atoms with E-state index in [0.717, 1.165) is 22.6 Å². The summed E-state index contributed by atoms with van der Waals surface area (Å²) in [6, 6.07) is 15.2. The topological polar surface area (TPSA) is 70.6 Å². The van der Waals surface area contributed by atoms with Gasteiger partial charge in [-0.1, -0.05) is 24.3 Å². The maximum absolute atomic E-state index is 11.0. The van der Waals surface area contributed by atoms with Crippen LogP contribution >= 0.6 is 0 Å². The number of aliphatic hydroxyl groups is 1. The van der Waals surface area contributed by atoms with E-state index in [4.69, 9.17) is 4.74 Å². The van der Waals surface area contributed by atoms with Crippen LogP contribution in [-0.2, 0) is 11.3 Å². The van der Waals surface area contributed by atoms with Crippen LogP contribution in [0.2, 0.25) is 0 Å². The van der Waals surface area contributed by atoms with Gasteiger partial charge in [-0.25, -0.2) is 0 Å². The van der Waals surface area contributed by atoms with Gasteiger partial charge in [-0.3, -0.25) is 4.79 Å². The van der Waals surface area contributed by atoms with E-state index in [0.29, 0.717) is 13.1 Å². The van der Waals surface area contributed by atoms with Gasteiger partial charge in [-0.05, 0) is 49.2 Å². The first kappa shape index (κ1) is 19.0. The molecule has 0 aliphatic heterocycles. The number of anilines is 1. The molecule has 2 aromatic rings. The third kappa shape index (κ3) is 6.57. The summed E-state index contributed by atoms with van der Waals surface area (Å²) in [5.74, 6) is 0.679. The molecule has 0 aliphatic carbocycles. The maximum atomic E-state index is 11.0. The minimum Gasteiger partial charge on any atom is -0.491 e. The van der Waals surface area contributed by atoms with Crippen molar-refractivity contribution in [2.75, 3.05) is 11.9 Å². The predicted octanol–water partition coefficient (Wildman–Crippen LogP) is 3.26. The van der Waals surface area contributed by atoms with Crippen molar-refractivity contribution in [3.63, 3.8) is 0 Å². The fraction of sp³-hybridized carbons (Fsp3) is 0.350. The Morgan fingerprint density at radius 1 is 1.16 bits per heavy atom. The third-order valence-corrected chi connectivity index (χ3v) is 3.56. The van der Waals surface area contributed by atoms with Crippen LogP contribution in [0.5, 0.6) is 5.75 Å². The molecule has 2 rings (SSSR count). The van der Waals surface area contributed by atoms with Crippen molar-refractivity contribution in [3.8, 4) is 5.75 Å². The fourth-order valence-corrected chi connectivity index (χ4v) is 2.45. The van der Waals surface area contributed by atoms with Crippen molar-refractivity contribution in [3.05, 3.63) is 59.7 Å². The summed E-state index contributed by atoms with van der Waals surface area (Å²) in [7, 11) is 0. The molecule has 0 heterocycles. The SMILES string of the molecule is CC(=O)Nc1ccc(CNCC(O)c2cccc(OC(C)C)c2)cc1. The Hall–Kier alpha value is -2.37. The smallest absolute Gasteiger partial charge is 0.221 e. The second kappa shape index (κ2) is 9.20. The first-order valence-corrected chi connectivity index (χ1v) is 8.46. The summed E-state index contributed by atoms with van der Waals surface area (Å²) in [6.45, 7) is 6.51. The molecule has 5 nitrogen and oxygen atoms in total. The second-order valence-electron chi connectivity index (χ2n) is 6.26. The zero-order chi connectivity index (χ0) is 18.2. The molecular formula is C20H26N2O3. The van der Waals surface area contributed by atoms with Crippen molar-refractivity contribution >= 4 is 11.6 Å². The average molecular weight is 342 g/mol. The molecule has 0 saturated carbocycles. The standard InChI is InChI=1S/C20H26N2O3/c1-14(2)25-19-6-4-5-17(11-19)20(24)13-21-12-16-7-9-18(10-8-16)22-15(3)23/h4-11,14,20-21,24H,12-13H2,1-3H3,(H,22,23). The highest BCUT2D eigenvalue weighted by Gasteiger charge is 2.09. The Morgan fingerprint density at radius 2 is 1.88 bits per heavy atom. The number of carbonyl (C=O) groups excluding carboxylic acids is 1. The number of ether oxygens (including phenoxy) is 1. The third-order valence-electron chi connectivity index (χ3n) is 3.56. The van der Waals surface area contributed by atoms with E-state index in [1.54, 1.807) is 0 Å². The molecule has 25 heavy (non-hydrogen) atoms. The molecule has 1 amide bonds. The number of rotatable bonds is 8. The van der Waals surface area contributed by atoms with Crippen LogP contribution in [0.25, 0.3) is 0 Å². The van der Waals surface area contributed by atoms with Gasteiger partial charge in [0.1, 0.15) is 5.75 Å². The van der Waals surface area contributed by atoms with Crippen molar-refractivity contribution in [2.45, 2.75) is 39.5 Å². The van der Waals surface area contributed by atoms with Gasteiger partial charge in [0.05, 0.1) is 12.2 Å². The van der Waals surface area contributed by atoms with E-state index in [1.165, 1.54) is 6.92 Å². The van der Waals surface area contributed by atoms with Crippen molar-refractivity contribution in [1.82, 2.24) is 5.32 Å². The van der Waals surface area contributed by atoms with Crippen LogP contribution in [0.15, 0.2) is 48.5 Å². The van der Waals surface area contributed by atoms with Gasteiger partial charge in [0, 0.05) is 25.7 Å². The highest BCUT2D eigenvalue weighted by molar-refractivity contribution is 5.88. The van der Waals surface area contributed by atoms with E-state index < -0.39 is 6.10 Å². The summed E-state index contributed by atoms with van der Waals surface area (Å²) in [5.41, 5.74) is 2.68. The minimum atomic E-state index is -0.602. The Bertz CT molecular complexity index is 684. The summed E-state index contributed by atoms with van der Waals surface area (Å²) in [6.07, 6.45) is -0.500. The van der Waals surface area contributed by atoms with Gasteiger partial charge < -0.3 is 20.5 Å². The number of amides is 1. The Morgan fingerprint density at radius 3 is 2.52 bits per heavy atom. The van der Waals surface area contributed by atoms with E-state index in [-0.39, 0.29) is 12.0 Å². The number of nitrogens with one attached hydrogen (secondary N) is 2. The first-order valence-electron chi connectivity index (χ1n) is 8.46. The van der Waals surface area contributed by atoms with E-state index >= 15 is 0 Å². The largest absolute Gasteiger partial charge is 0.491 e. The molecule has 0 bridgehead atoms. The van der Waals surface area contributed by atoms with Crippen LogP contribution in [0.1, 0.15) is 38.0 Å². The van der Waals surface area contributed by atoms with Gasteiger partial charge in [0.15, 0.2) is 0 Å². The summed E-state index contributed by atoms with van der Waals surface area (Å²) < 4.78 is 5.66. The highest BCUT2D eigenvalue weighted by Crippen LogP contribution is 2.20. The minimum absolute atomic E-state index is 0.0855. The number of aliphatic hydroxyl groups excluding tert-OH is 1. The lowest BCUT2D eigenvalue weighted by Gasteiger charge is -2.15. The van der Waals surface area contributed by atoms with E-state index in [2.05, 4.69) is 10.6 Å². The zero-order valence-corrected chi connectivity index (χ0v) is 15.0. The van der Waals surface area contributed by atoms with Gasteiger partial charge in [0.2, 0.25) is 5.91 Å². The molecule has 0 saturated heterocycles. The normalized spacial score (nSPS) is 12.0. The first-order chi connectivity index (χ1) is 11.9. The predicted molar refractivity (Wildman–Crippen MR) is 99.6 cm³/mol. The van der Waals surface area contributed by atoms with Crippen LogP contribution < -0.4 is 15.4 Å². The lowest BCUT2D eigenvalue weighted by atomic mass is 10.1. The zero-order valence-electron chi connectivity index (χ0n) is 15.0. The molecular weight excluding hydrogens is 316 g/mol. The molecule has 5 heteroatoms. The lowest BCUT2D eigenvalue weighted by molar-refractivity contribution is -0.114. The average Bonchev–Trinajstić information content (AvgIpc) is 2.55. The molecule has 0 fully saturated rings. The van der Waals surface area contributed by atoms with E-state index in [1.807, 2.05) is 62.4 Å². The van der Waals surface area contributed by atoms with Crippen molar-refractivity contribution in [1.29, 1.82) is 0 Å². The Labute approximate surface area is 149 Å². The molecule has 0 aromatic heterocycles. The molecule has 1 unspecified atom stereocenters. The molecule has 0 aliphatic rings. The number of benzene rings is 2. The van der Waals surface area contributed by atoms with Crippen LogP contribution in [-0.4, -0.2) is 23.7 Å². The van der Waals surface area contributed by atoms with Gasteiger partial charge >= 0.3 is 0 Å². The lowest BCUT2D eigenvalue weighted by Crippen LogP contribution is -2.21. The van der Waals surface area contributed by atoms with E-state index in [9.17, 15) is 9.90 Å². The second-order valence-corrected chi connectivity index (χ2v) is 6.26. The summed E-state index contributed by atoms with van der Waals surface area (Å²) >= 11 is 0. The van der Waals surface area contributed by atoms with Crippen LogP contribution in [0.3, 0.4) is 0 Å². The molecule has 0 radical (unpaired) electrons. The number of hydrogen-bond acceptors (Lipinski definition) is 4. The fourth-order valence-electron chi connectivity index (χ4n) is 2.45. The van der Waals surface area contributed by atoms with Gasteiger partial charge in [-0.15, -0.1) is 0 Å². The quantitative estimate of drug-likeness (QED) is 0.689. The molecule has 3 N–H and O–H groups in total. The molecule has 2 aromatic carbocycles.